The number of nitrogens with zero attached hydrogens (tertiary/aromatic N) is 3. The summed E-state index contributed by atoms with van der Waals surface area (Å²) in [7, 11) is 1.66. The summed E-state index contributed by atoms with van der Waals surface area (Å²) >= 11 is 0. The van der Waals surface area contributed by atoms with Gasteiger partial charge < -0.3 is 20.1 Å². The molecule has 8 nitrogen and oxygen atoms in total. The Bertz CT molecular complexity index is 1040. The van der Waals surface area contributed by atoms with Crippen LogP contribution < -0.4 is 20.1 Å². The minimum atomic E-state index is -0.199. The van der Waals surface area contributed by atoms with E-state index >= 15 is 0 Å². The highest BCUT2D eigenvalue weighted by Gasteiger charge is 2.19. The summed E-state index contributed by atoms with van der Waals surface area (Å²) in [6.07, 6.45) is 5.22. The summed E-state index contributed by atoms with van der Waals surface area (Å²) < 4.78 is 13.0. The number of carbonyl (C=O) groups is 1. The van der Waals surface area contributed by atoms with E-state index < -0.39 is 0 Å². The fraction of sp³-hybridized carbons (Fsp3) is 0.348. The molecule has 0 saturated carbocycles. The SMILES string of the molecule is CCOc1ccc(-n2cnnc2)cc1NC(=O)c1ccc(OC)c(CC2CCNC2)c1.Cl. The lowest BCUT2D eigenvalue weighted by atomic mass is 9.96. The predicted octanol–water partition coefficient (Wildman–Crippen LogP) is 3.50. The Balaban J connectivity index is 0.00000289. The molecular formula is C23H28ClN5O3. The van der Waals surface area contributed by atoms with Crippen molar-refractivity contribution in [3.63, 3.8) is 0 Å². The Morgan fingerprint density at radius 3 is 2.66 bits per heavy atom. The van der Waals surface area contributed by atoms with Crippen molar-refractivity contribution in [2.24, 2.45) is 5.92 Å². The topological polar surface area (TPSA) is 90.3 Å². The molecule has 0 spiro atoms. The Morgan fingerprint density at radius 2 is 1.97 bits per heavy atom. The van der Waals surface area contributed by atoms with Gasteiger partial charge in [0.05, 0.1) is 25.1 Å². The van der Waals surface area contributed by atoms with Crippen LogP contribution in [-0.2, 0) is 6.42 Å². The number of benzene rings is 2. The monoisotopic (exact) mass is 457 g/mol. The molecule has 0 radical (unpaired) electrons. The van der Waals surface area contributed by atoms with Crippen LogP contribution in [0.5, 0.6) is 11.5 Å². The fourth-order valence-corrected chi connectivity index (χ4v) is 3.87. The third kappa shape index (κ3) is 5.38. The van der Waals surface area contributed by atoms with Gasteiger partial charge in [0.15, 0.2) is 0 Å². The second kappa shape index (κ2) is 11.0. The van der Waals surface area contributed by atoms with E-state index in [1.54, 1.807) is 30.4 Å². The van der Waals surface area contributed by atoms with Gasteiger partial charge in [-0.25, -0.2) is 0 Å². The first-order chi connectivity index (χ1) is 15.2. The summed E-state index contributed by atoms with van der Waals surface area (Å²) in [4.78, 5) is 13.1. The summed E-state index contributed by atoms with van der Waals surface area (Å²) in [5.74, 6) is 1.78. The Labute approximate surface area is 193 Å². The van der Waals surface area contributed by atoms with Crippen molar-refractivity contribution in [2.45, 2.75) is 19.8 Å². The maximum Gasteiger partial charge on any atom is 0.255 e. The average molecular weight is 458 g/mol. The van der Waals surface area contributed by atoms with Crippen molar-refractivity contribution in [1.82, 2.24) is 20.1 Å². The Morgan fingerprint density at radius 1 is 1.19 bits per heavy atom. The number of anilines is 1. The van der Waals surface area contributed by atoms with E-state index in [0.29, 0.717) is 29.5 Å². The quantitative estimate of drug-likeness (QED) is 0.538. The number of carbonyl (C=O) groups excluding carboxylic acids is 1. The first kappa shape index (κ1) is 23.6. The van der Waals surface area contributed by atoms with Gasteiger partial charge in [-0.2, -0.15) is 0 Å². The molecule has 1 fully saturated rings. The second-order valence-electron chi connectivity index (χ2n) is 7.53. The molecule has 3 aromatic rings. The van der Waals surface area contributed by atoms with Crippen molar-refractivity contribution < 1.29 is 14.3 Å². The molecule has 32 heavy (non-hydrogen) atoms. The molecule has 9 heteroatoms. The molecule has 1 atom stereocenters. The first-order valence-electron chi connectivity index (χ1n) is 10.5. The number of hydrogen-bond donors (Lipinski definition) is 2. The fourth-order valence-electron chi connectivity index (χ4n) is 3.87. The zero-order chi connectivity index (χ0) is 21.6. The molecule has 2 heterocycles. The van der Waals surface area contributed by atoms with Crippen LogP contribution >= 0.6 is 12.4 Å². The molecule has 1 aliphatic rings. The Kier molecular flexibility index (Phi) is 8.08. The number of nitrogens with one attached hydrogen (secondary N) is 2. The zero-order valence-corrected chi connectivity index (χ0v) is 19.0. The lowest BCUT2D eigenvalue weighted by Crippen LogP contribution is -2.15. The highest BCUT2D eigenvalue weighted by Crippen LogP contribution is 2.29. The lowest BCUT2D eigenvalue weighted by Gasteiger charge is -2.16. The van der Waals surface area contributed by atoms with Gasteiger partial charge in [0.1, 0.15) is 24.2 Å². The molecule has 2 aromatic carbocycles. The molecule has 1 aliphatic heterocycles. The lowest BCUT2D eigenvalue weighted by molar-refractivity contribution is 0.102. The summed E-state index contributed by atoms with van der Waals surface area (Å²) in [5.41, 5.74) is 3.05. The van der Waals surface area contributed by atoms with Crippen molar-refractivity contribution in [2.75, 3.05) is 32.1 Å². The van der Waals surface area contributed by atoms with Gasteiger partial charge in [-0.1, -0.05) is 0 Å². The molecule has 0 bridgehead atoms. The number of aromatic nitrogens is 3. The van der Waals surface area contributed by atoms with Crippen molar-refractivity contribution in [3.8, 4) is 17.2 Å². The van der Waals surface area contributed by atoms with E-state index in [0.717, 1.165) is 42.9 Å². The smallest absolute Gasteiger partial charge is 0.255 e. The number of hydrogen-bond acceptors (Lipinski definition) is 6. The molecule has 1 amide bonds. The largest absolute Gasteiger partial charge is 0.496 e. The van der Waals surface area contributed by atoms with Crippen LogP contribution in [0.25, 0.3) is 5.69 Å². The minimum absolute atomic E-state index is 0. The zero-order valence-electron chi connectivity index (χ0n) is 18.2. The maximum atomic E-state index is 13.1. The van der Waals surface area contributed by atoms with Crippen molar-refractivity contribution in [3.05, 3.63) is 60.2 Å². The third-order valence-corrected chi connectivity index (χ3v) is 5.44. The van der Waals surface area contributed by atoms with Gasteiger partial charge in [0, 0.05) is 5.56 Å². The standard InChI is InChI=1S/C23H27N5O3.ClH/c1-3-31-22-7-5-19(28-14-25-26-15-28)12-20(22)27-23(29)17-4-6-21(30-2)18(11-17)10-16-8-9-24-13-16;/h4-7,11-12,14-16,24H,3,8-10,13H2,1-2H3,(H,27,29);1H. The van der Waals surface area contributed by atoms with Crippen LogP contribution in [0.15, 0.2) is 49.1 Å². The number of halogens is 1. The van der Waals surface area contributed by atoms with Crippen LogP contribution in [0.4, 0.5) is 5.69 Å². The van der Waals surface area contributed by atoms with Crippen LogP contribution in [0.1, 0.15) is 29.3 Å². The molecule has 2 N–H and O–H groups in total. The number of amides is 1. The van der Waals surface area contributed by atoms with Gasteiger partial charge in [-0.05, 0) is 80.7 Å². The van der Waals surface area contributed by atoms with Gasteiger partial charge >= 0.3 is 0 Å². The third-order valence-electron chi connectivity index (χ3n) is 5.44. The molecular weight excluding hydrogens is 430 g/mol. The highest BCUT2D eigenvalue weighted by molar-refractivity contribution is 6.05. The molecule has 1 saturated heterocycles. The van der Waals surface area contributed by atoms with E-state index in [-0.39, 0.29) is 18.3 Å². The average Bonchev–Trinajstić information content (AvgIpc) is 3.49. The second-order valence-corrected chi connectivity index (χ2v) is 7.53. The van der Waals surface area contributed by atoms with Crippen molar-refractivity contribution >= 4 is 24.0 Å². The summed E-state index contributed by atoms with van der Waals surface area (Å²) in [5, 5.41) is 14.1. The van der Waals surface area contributed by atoms with E-state index in [2.05, 4.69) is 20.8 Å². The van der Waals surface area contributed by atoms with E-state index in [1.807, 2.05) is 37.3 Å². The van der Waals surface area contributed by atoms with Crippen LogP contribution in [0.3, 0.4) is 0 Å². The predicted molar refractivity (Wildman–Crippen MR) is 125 cm³/mol. The summed E-state index contributed by atoms with van der Waals surface area (Å²) in [6, 6.07) is 11.2. The van der Waals surface area contributed by atoms with E-state index in [9.17, 15) is 4.79 Å². The van der Waals surface area contributed by atoms with Gasteiger partial charge in [-0.15, -0.1) is 22.6 Å². The van der Waals surface area contributed by atoms with Crippen molar-refractivity contribution in [1.29, 1.82) is 0 Å². The van der Waals surface area contributed by atoms with Gasteiger partial charge in [0.2, 0.25) is 0 Å². The molecule has 170 valence electrons. The molecule has 1 aromatic heterocycles. The normalized spacial score (nSPS) is 15.1. The first-order valence-corrected chi connectivity index (χ1v) is 10.5. The molecule has 4 rings (SSSR count). The summed E-state index contributed by atoms with van der Waals surface area (Å²) in [6.45, 7) is 4.44. The number of methoxy groups -OCH3 is 1. The van der Waals surface area contributed by atoms with Crippen LogP contribution in [-0.4, -0.2) is 47.5 Å². The minimum Gasteiger partial charge on any atom is -0.496 e. The number of ether oxygens (including phenoxy) is 2. The number of rotatable bonds is 8. The molecule has 0 aliphatic carbocycles. The maximum absolute atomic E-state index is 13.1. The van der Waals surface area contributed by atoms with E-state index in [4.69, 9.17) is 9.47 Å². The van der Waals surface area contributed by atoms with Crippen LogP contribution in [0, 0.1) is 5.92 Å². The molecule has 1 unspecified atom stereocenters. The van der Waals surface area contributed by atoms with E-state index in [1.165, 1.54) is 0 Å². The Hall–Kier alpha value is -3.10. The van der Waals surface area contributed by atoms with Gasteiger partial charge in [-0.3, -0.25) is 9.36 Å². The van der Waals surface area contributed by atoms with Crippen LogP contribution in [0.2, 0.25) is 0 Å². The highest BCUT2D eigenvalue weighted by atomic mass is 35.5. The van der Waals surface area contributed by atoms with Gasteiger partial charge in [0.25, 0.3) is 5.91 Å².